The van der Waals surface area contributed by atoms with Crippen molar-refractivity contribution in [2.75, 3.05) is 0 Å². The van der Waals surface area contributed by atoms with Gasteiger partial charge in [-0.3, -0.25) is 9.59 Å². The molecule has 4 rings (SSSR count). The minimum atomic E-state index is -0.911. The van der Waals surface area contributed by atoms with Crippen molar-refractivity contribution < 1.29 is 19.7 Å². The van der Waals surface area contributed by atoms with Gasteiger partial charge >= 0.3 is 0 Å². The van der Waals surface area contributed by atoms with E-state index in [9.17, 15) is 19.8 Å². The number of rotatable bonds is 0. The first-order valence-electron chi connectivity index (χ1n) is 6.71. The van der Waals surface area contributed by atoms with Gasteiger partial charge in [0, 0.05) is 0 Å². The van der Waals surface area contributed by atoms with Crippen LogP contribution in [0.3, 0.4) is 0 Å². The quantitative estimate of drug-likeness (QED) is 0.696. The summed E-state index contributed by atoms with van der Waals surface area (Å²) in [6.45, 7) is 0.315. The van der Waals surface area contributed by atoms with Gasteiger partial charge in [0.15, 0.2) is 23.4 Å². The van der Waals surface area contributed by atoms with Crippen LogP contribution in [0.2, 0.25) is 0 Å². The Labute approximate surface area is 114 Å². The molecule has 3 aliphatic rings. The molecule has 3 heterocycles. The first-order chi connectivity index (χ1) is 9.58. The van der Waals surface area contributed by atoms with E-state index in [1.165, 1.54) is 10.8 Å². The molecule has 3 atom stereocenters. The smallest absolute Gasteiger partial charge is 0.276 e. The first-order valence-corrected chi connectivity index (χ1v) is 6.71. The van der Waals surface area contributed by atoms with Gasteiger partial charge in [-0.25, -0.2) is 0 Å². The molecular weight excluding hydrogens is 264 g/mol. The van der Waals surface area contributed by atoms with Crippen LogP contribution in [0.25, 0.3) is 0 Å². The fourth-order valence-corrected chi connectivity index (χ4v) is 3.57. The van der Waals surface area contributed by atoms with Crippen LogP contribution in [0.15, 0.2) is 11.0 Å². The first kappa shape index (κ1) is 11.8. The number of aromatic hydroxyl groups is 2. The van der Waals surface area contributed by atoms with Gasteiger partial charge in [-0.05, 0) is 19.3 Å². The van der Waals surface area contributed by atoms with Crippen LogP contribution < -0.4 is 5.43 Å². The summed E-state index contributed by atoms with van der Waals surface area (Å²) < 4.78 is 7.27. The molecule has 2 N–H and O–H groups in total. The number of ether oxygens (including phenoxy) is 1. The Morgan fingerprint density at radius 2 is 2.05 bits per heavy atom. The summed E-state index contributed by atoms with van der Waals surface area (Å²) in [5.41, 5.74) is -0.966. The van der Waals surface area contributed by atoms with Crippen LogP contribution in [0, 0.1) is 0 Å². The molecule has 1 saturated heterocycles. The molecule has 7 nitrogen and oxygen atoms in total. The summed E-state index contributed by atoms with van der Waals surface area (Å²) in [6.07, 6.45) is 3.67. The number of nitrogens with zero attached hydrogens (tertiary/aromatic N) is 2. The highest BCUT2D eigenvalue weighted by atomic mass is 16.5. The summed E-state index contributed by atoms with van der Waals surface area (Å²) in [4.78, 5) is 25.8. The number of amides is 1. The van der Waals surface area contributed by atoms with Gasteiger partial charge in [-0.15, -0.1) is 0 Å². The molecule has 0 bridgehead atoms. The number of carbonyl (C=O) groups is 1. The molecule has 106 valence electrons. The van der Waals surface area contributed by atoms with Crippen molar-refractivity contribution in [2.24, 2.45) is 0 Å². The lowest BCUT2D eigenvalue weighted by Crippen LogP contribution is -2.49. The second-order valence-corrected chi connectivity index (χ2v) is 5.53. The van der Waals surface area contributed by atoms with E-state index in [4.69, 9.17) is 4.74 Å². The lowest BCUT2D eigenvalue weighted by Gasteiger charge is -2.34. The maximum Gasteiger partial charge on any atom is 0.276 e. The van der Waals surface area contributed by atoms with Crippen molar-refractivity contribution in [3.05, 3.63) is 22.1 Å². The van der Waals surface area contributed by atoms with Gasteiger partial charge < -0.3 is 24.4 Å². The van der Waals surface area contributed by atoms with Crippen molar-refractivity contribution in [3.63, 3.8) is 0 Å². The molecule has 0 spiro atoms. The molecule has 0 aromatic carbocycles. The number of hydrogen-bond acceptors (Lipinski definition) is 5. The number of fused-ring (bicyclic) bond motifs is 4. The lowest BCUT2D eigenvalue weighted by molar-refractivity contribution is -0.0179. The van der Waals surface area contributed by atoms with Crippen LogP contribution >= 0.6 is 0 Å². The minimum absolute atomic E-state index is 0.0320. The highest BCUT2D eigenvalue weighted by molar-refractivity contribution is 5.96. The van der Waals surface area contributed by atoms with Gasteiger partial charge in [0.2, 0.25) is 0 Å². The van der Waals surface area contributed by atoms with Crippen molar-refractivity contribution >= 4 is 5.91 Å². The second-order valence-electron chi connectivity index (χ2n) is 5.53. The highest BCUT2D eigenvalue weighted by Crippen LogP contribution is 2.39. The third kappa shape index (κ3) is 1.33. The Morgan fingerprint density at radius 3 is 2.85 bits per heavy atom. The predicted molar refractivity (Wildman–Crippen MR) is 66.5 cm³/mol. The standard InChI is InChI=1S/C13H14N2O5/c16-7-4-14-5-9-15(6-2-1-3-8(6)20-9)13(19)10(14)12(18)11(7)17/h4,6,8-9,16,18H,1-3,5H2/t6-,8+,9+/m0/s1. The Kier molecular flexibility index (Phi) is 2.21. The van der Waals surface area contributed by atoms with E-state index < -0.39 is 22.8 Å². The van der Waals surface area contributed by atoms with Crippen molar-refractivity contribution in [1.29, 1.82) is 0 Å². The largest absolute Gasteiger partial charge is 0.503 e. The zero-order valence-electron chi connectivity index (χ0n) is 10.7. The molecule has 1 aromatic heterocycles. The molecule has 20 heavy (non-hydrogen) atoms. The topological polar surface area (TPSA) is 92.0 Å². The molecule has 2 fully saturated rings. The van der Waals surface area contributed by atoms with Gasteiger partial charge in [0.05, 0.1) is 24.9 Å². The van der Waals surface area contributed by atoms with E-state index in [0.29, 0.717) is 6.54 Å². The number of hydrogen-bond donors (Lipinski definition) is 2. The van der Waals surface area contributed by atoms with E-state index in [0.717, 1.165) is 19.3 Å². The summed E-state index contributed by atoms with van der Waals surface area (Å²) >= 11 is 0. The Bertz CT molecular complexity index is 667. The predicted octanol–water partition coefficient (Wildman–Crippen LogP) is -0.00730. The fraction of sp³-hybridized carbons (Fsp3) is 0.538. The number of aromatic nitrogens is 1. The van der Waals surface area contributed by atoms with E-state index >= 15 is 0 Å². The van der Waals surface area contributed by atoms with E-state index in [-0.39, 0.29) is 24.1 Å². The average Bonchev–Trinajstić information content (AvgIpc) is 2.95. The summed E-state index contributed by atoms with van der Waals surface area (Å²) in [5.74, 6) is -1.65. The third-order valence-electron chi connectivity index (χ3n) is 4.44. The van der Waals surface area contributed by atoms with E-state index in [1.807, 2.05) is 0 Å². The molecule has 1 aliphatic carbocycles. The van der Waals surface area contributed by atoms with Gasteiger partial charge in [-0.1, -0.05) is 0 Å². The molecule has 2 aliphatic heterocycles. The number of pyridine rings is 1. The molecule has 1 aromatic rings. The van der Waals surface area contributed by atoms with Crippen LogP contribution in [-0.4, -0.2) is 44.0 Å². The second kappa shape index (κ2) is 3.76. The monoisotopic (exact) mass is 278 g/mol. The van der Waals surface area contributed by atoms with Crippen LogP contribution in [-0.2, 0) is 11.3 Å². The fourth-order valence-electron chi connectivity index (χ4n) is 3.57. The maximum atomic E-state index is 12.6. The van der Waals surface area contributed by atoms with Gasteiger partial charge in [0.1, 0.15) is 0 Å². The zero-order chi connectivity index (χ0) is 14.0. The van der Waals surface area contributed by atoms with Crippen LogP contribution in [0.1, 0.15) is 29.8 Å². The molecular formula is C13H14N2O5. The molecule has 1 amide bonds. The number of carbonyl (C=O) groups excluding carboxylic acids is 1. The third-order valence-corrected chi connectivity index (χ3v) is 4.44. The van der Waals surface area contributed by atoms with Crippen molar-refractivity contribution in [2.45, 2.75) is 44.2 Å². The van der Waals surface area contributed by atoms with E-state index in [2.05, 4.69) is 0 Å². The molecule has 0 unspecified atom stereocenters. The normalized spacial score (nSPS) is 31.1. The minimum Gasteiger partial charge on any atom is -0.503 e. The van der Waals surface area contributed by atoms with Crippen molar-refractivity contribution in [1.82, 2.24) is 9.47 Å². The molecule has 0 radical (unpaired) electrons. The van der Waals surface area contributed by atoms with Gasteiger partial charge in [0.25, 0.3) is 11.3 Å². The summed E-state index contributed by atoms with van der Waals surface area (Å²) in [6, 6.07) is 0.0320. The van der Waals surface area contributed by atoms with E-state index in [1.54, 1.807) is 4.90 Å². The average molecular weight is 278 g/mol. The molecule has 1 saturated carbocycles. The van der Waals surface area contributed by atoms with Crippen LogP contribution in [0.5, 0.6) is 11.5 Å². The highest BCUT2D eigenvalue weighted by Gasteiger charge is 2.50. The Morgan fingerprint density at radius 1 is 1.25 bits per heavy atom. The SMILES string of the molecule is O=C1c2c(O)c(=O)c(O)cn2C[C@H]2O[C@@H]3CCC[C@@H]3N12. The molecule has 7 heteroatoms. The van der Waals surface area contributed by atoms with Gasteiger partial charge in [-0.2, -0.15) is 0 Å². The van der Waals surface area contributed by atoms with Crippen molar-refractivity contribution in [3.8, 4) is 11.5 Å². The van der Waals surface area contributed by atoms with Crippen LogP contribution in [0.4, 0.5) is 0 Å². The Balaban J connectivity index is 1.85. The summed E-state index contributed by atoms with van der Waals surface area (Å²) in [5, 5.41) is 19.4. The maximum absolute atomic E-state index is 12.6. The Hall–Kier alpha value is -2.02. The lowest BCUT2D eigenvalue weighted by atomic mass is 10.1. The summed E-state index contributed by atoms with van der Waals surface area (Å²) in [7, 11) is 0. The zero-order valence-corrected chi connectivity index (χ0v) is 10.7.